The lowest BCUT2D eigenvalue weighted by molar-refractivity contribution is 0.169. The van der Waals surface area contributed by atoms with Crippen LogP contribution in [0.1, 0.15) is 0 Å². The maximum atomic E-state index is 11.9. The van der Waals surface area contributed by atoms with Gasteiger partial charge in [-0.25, -0.2) is 14.5 Å². The van der Waals surface area contributed by atoms with Crippen molar-refractivity contribution in [2.75, 3.05) is 19.6 Å². The van der Waals surface area contributed by atoms with E-state index < -0.39 is 12.1 Å². The van der Waals surface area contributed by atoms with Crippen molar-refractivity contribution in [3.63, 3.8) is 0 Å². The molecule has 0 atom stereocenters. The summed E-state index contributed by atoms with van der Waals surface area (Å²) >= 11 is 0. The van der Waals surface area contributed by atoms with E-state index in [-0.39, 0.29) is 6.54 Å². The molecule has 0 spiro atoms. The van der Waals surface area contributed by atoms with Crippen molar-refractivity contribution >= 4 is 12.1 Å². The Labute approximate surface area is 95.5 Å². The van der Waals surface area contributed by atoms with Gasteiger partial charge in [0.05, 0.1) is 0 Å². The quantitative estimate of drug-likeness (QED) is 0.690. The second kappa shape index (κ2) is 7.28. The smallest absolute Gasteiger partial charge is 0.329 e. The number of hydrogen-bond acceptors (Lipinski definition) is 2. The summed E-state index contributed by atoms with van der Waals surface area (Å²) in [5, 5.41) is 0. The Balaban J connectivity index is 4.76. The molecule has 0 bridgehead atoms. The summed E-state index contributed by atoms with van der Waals surface area (Å²) in [5.74, 6) is 0. The van der Waals surface area contributed by atoms with Crippen LogP contribution in [-0.4, -0.2) is 41.5 Å². The van der Waals surface area contributed by atoms with E-state index in [1.165, 1.54) is 11.0 Å². The summed E-state index contributed by atoms with van der Waals surface area (Å²) in [6.45, 7) is 11.3. The van der Waals surface area contributed by atoms with E-state index in [0.29, 0.717) is 13.1 Å². The van der Waals surface area contributed by atoms with Crippen LogP contribution >= 0.6 is 0 Å². The number of urea groups is 2. The lowest BCUT2D eigenvalue weighted by Crippen LogP contribution is -2.48. The Hall–Kier alpha value is -2.04. The first kappa shape index (κ1) is 14.0. The molecule has 0 aliphatic rings. The highest BCUT2D eigenvalue weighted by atomic mass is 16.2. The Morgan fingerprint density at radius 3 is 1.75 bits per heavy atom. The van der Waals surface area contributed by atoms with Crippen LogP contribution in [0, 0.1) is 0 Å². The monoisotopic (exact) mass is 223 g/mol. The molecule has 16 heavy (non-hydrogen) atoms. The predicted molar refractivity (Wildman–Crippen MR) is 63.8 cm³/mol. The van der Waals surface area contributed by atoms with E-state index in [4.69, 9.17) is 5.73 Å². The highest BCUT2D eigenvalue weighted by Crippen LogP contribution is 2.00. The van der Waals surface area contributed by atoms with Crippen LogP contribution in [0.3, 0.4) is 0 Å². The summed E-state index contributed by atoms with van der Waals surface area (Å²) in [7, 11) is 0. The number of carbonyl (C=O) groups is 2. The first-order valence-corrected chi connectivity index (χ1v) is 4.77. The lowest BCUT2D eigenvalue weighted by atomic mass is 10.4. The molecule has 0 radical (unpaired) electrons. The van der Waals surface area contributed by atoms with Crippen molar-refractivity contribution in [2.24, 2.45) is 5.73 Å². The Kier molecular flexibility index (Phi) is 6.35. The highest BCUT2D eigenvalue weighted by Gasteiger charge is 2.22. The standard InChI is InChI=1S/C11H17N3O2/c1-4-7-13(8-5-2)11(16)14(9-6-3)10(12)15/h4-6H,1-3,7-9H2,(H2,12,15). The molecule has 0 aromatic heterocycles. The second-order valence-electron chi connectivity index (χ2n) is 3.00. The number of amides is 4. The van der Waals surface area contributed by atoms with Gasteiger partial charge in [-0.05, 0) is 0 Å². The molecule has 88 valence electrons. The molecule has 0 saturated carbocycles. The second-order valence-corrected chi connectivity index (χ2v) is 3.00. The zero-order chi connectivity index (χ0) is 12.6. The van der Waals surface area contributed by atoms with Crippen LogP contribution in [0.5, 0.6) is 0 Å². The molecule has 0 aliphatic carbocycles. The number of rotatable bonds is 6. The normalized spacial score (nSPS) is 9.00. The Bertz CT molecular complexity index is 290. The fraction of sp³-hybridized carbons (Fsp3) is 0.273. The van der Waals surface area contributed by atoms with E-state index in [9.17, 15) is 9.59 Å². The average Bonchev–Trinajstić information content (AvgIpc) is 2.24. The molecule has 0 saturated heterocycles. The molecule has 0 aromatic carbocycles. The minimum Gasteiger partial charge on any atom is -0.351 e. The zero-order valence-corrected chi connectivity index (χ0v) is 9.26. The van der Waals surface area contributed by atoms with Crippen molar-refractivity contribution in [1.29, 1.82) is 0 Å². The number of imide groups is 1. The third kappa shape index (κ3) is 4.00. The van der Waals surface area contributed by atoms with Gasteiger partial charge in [-0.3, -0.25) is 0 Å². The largest absolute Gasteiger partial charge is 0.351 e. The van der Waals surface area contributed by atoms with Gasteiger partial charge in [-0.15, -0.1) is 19.7 Å². The van der Waals surface area contributed by atoms with E-state index in [2.05, 4.69) is 19.7 Å². The molecule has 0 fully saturated rings. The first-order chi connectivity index (χ1) is 7.58. The number of carbonyl (C=O) groups excluding carboxylic acids is 2. The lowest BCUT2D eigenvalue weighted by Gasteiger charge is -2.25. The van der Waals surface area contributed by atoms with Gasteiger partial charge in [0.2, 0.25) is 0 Å². The maximum absolute atomic E-state index is 11.9. The minimum atomic E-state index is -0.803. The third-order valence-corrected chi connectivity index (χ3v) is 1.78. The summed E-state index contributed by atoms with van der Waals surface area (Å²) in [5.41, 5.74) is 5.09. The molecule has 0 aliphatic heterocycles. The molecule has 2 N–H and O–H groups in total. The van der Waals surface area contributed by atoms with Gasteiger partial charge in [0.25, 0.3) is 0 Å². The van der Waals surface area contributed by atoms with E-state index in [1.807, 2.05) is 0 Å². The van der Waals surface area contributed by atoms with Crippen molar-refractivity contribution in [2.45, 2.75) is 0 Å². The molecule has 4 amide bonds. The van der Waals surface area contributed by atoms with Gasteiger partial charge in [-0.1, -0.05) is 18.2 Å². The van der Waals surface area contributed by atoms with Gasteiger partial charge >= 0.3 is 12.1 Å². The molecule has 5 heteroatoms. The zero-order valence-electron chi connectivity index (χ0n) is 9.26. The van der Waals surface area contributed by atoms with Gasteiger partial charge in [0.1, 0.15) is 0 Å². The topological polar surface area (TPSA) is 66.6 Å². The number of primary amides is 1. The molecular formula is C11H17N3O2. The maximum Gasteiger partial charge on any atom is 0.329 e. The summed E-state index contributed by atoms with van der Waals surface area (Å²) in [6, 6.07) is -1.28. The molecule has 0 heterocycles. The van der Waals surface area contributed by atoms with Crippen LogP contribution in [-0.2, 0) is 0 Å². The van der Waals surface area contributed by atoms with E-state index >= 15 is 0 Å². The molecule has 0 unspecified atom stereocenters. The first-order valence-electron chi connectivity index (χ1n) is 4.77. The van der Waals surface area contributed by atoms with Crippen LogP contribution < -0.4 is 5.73 Å². The summed E-state index contributed by atoms with van der Waals surface area (Å²) < 4.78 is 0. The Morgan fingerprint density at radius 2 is 1.44 bits per heavy atom. The predicted octanol–water partition coefficient (Wildman–Crippen LogP) is 1.35. The number of nitrogens with two attached hydrogens (primary N) is 1. The van der Waals surface area contributed by atoms with Crippen LogP contribution in [0.15, 0.2) is 38.0 Å². The Morgan fingerprint density at radius 1 is 1.00 bits per heavy atom. The number of nitrogens with zero attached hydrogens (tertiary/aromatic N) is 2. The van der Waals surface area contributed by atoms with Gasteiger partial charge in [-0.2, -0.15) is 0 Å². The van der Waals surface area contributed by atoms with Crippen LogP contribution in [0.2, 0.25) is 0 Å². The molecule has 5 nitrogen and oxygen atoms in total. The number of hydrogen-bond donors (Lipinski definition) is 1. The fourth-order valence-corrected chi connectivity index (χ4v) is 1.10. The highest BCUT2D eigenvalue weighted by molar-refractivity contribution is 5.93. The van der Waals surface area contributed by atoms with E-state index in [1.54, 1.807) is 12.2 Å². The van der Waals surface area contributed by atoms with Crippen molar-refractivity contribution in [3.8, 4) is 0 Å². The minimum absolute atomic E-state index is 0.0823. The SMILES string of the molecule is C=CCN(CC=C)C(=O)N(CC=C)C(N)=O. The third-order valence-electron chi connectivity index (χ3n) is 1.78. The molecular weight excluding hydrogens is 206 g/mol. The van der Waals surface area contributed by atoms with Gasteiger partial charge in [0.15, 0.2) is 0 Å². The van der Waals surface area contributed by atoms with Crippen molar-refractivity contribution in [1.82, 2.24) is 9.80 Å². The summed E-state index contributed by atoms with van der Waals surface area (Å²) in [4.78, 5) is 25.2. The summed E-state index contributed by atoms with van der Waals surface area (Å²) in [6.07, 6.45) is 4.56. The average molecular weight is 223 g/mol. The molecule has 0 rings (SSSR count). The van der Waals surface area contributed by atoms with Crippen LogP contribution in [0.4, 0.5) is 9.59 Å². The van der Waals surface area contributed by atoms with Gasteiger partial charge in [0, 0.05) is 19.6 Å². The van der Waals surface area contributed by atoms with Crippen molar-refractivity contribution < 1.29 is 9.59 Å². The molecule has 0 aromatic rings. The van der Waals surface area contributed by atoms with Gasteiger partial charge < -0.3 is 10.6 Å². The van der Waals surface area contributed by atoms with Crippen molar-refractivity contribution in [3.05, 3.63) is 38.0 Å². The van der Waals surface area contributed by atoms with E-state index in [0.717, 1.165) is 4.90 Å². The fourth-order valence-electron chi connectivity index (χ4n) is 1.10. The van der Waals surface area contributed by atoms with Crippen LogP contribution in [0.25, 0.3) is 0 Å².